The Labute approximate surface area is 88.7 Å². The van der Waals surface area contributed by atoms with Crippen molar-refractivity contribution < 1.29 is 0 Å². The number of hydrogen-bond acceptors (Lipinski definition) is 5. The lowest BCUT2D eigenvalue weighted by Crippen LogP contribution is -2.30. The average Bonchev–Trinajstić information content (AvgIpc) is 2.76. The van der Waals surface area contributed by atoms with Gasteiger partial charge in [-0.25, -0.2) is 0 Å². The van der Waals surface area contributed by atoms with Gasteiger partial charge in [0.2, 0.25) is 0 Å². The summed E-state index contributed by atoms with van der Waals surface area (Å²) in [5.41, 5.74) is 6.72. The van der Waals surface area contributed by atoms with Crippen LogP contribution in [-0.2, 0) is 0 Å². The van der Waals surface area contributed by atoms with Crippen molar-refractivity contribution in [1.82, 2.24) is 15.5 Å². The van der Waals surface area contributed by atoms with Gasteiger partial charge in [-0.15, -0.1) is 5.10 Å². The fraction of sp³-hybridized carbons (Fsp3) is 0.600. The van der Waals surface area contributed by atoms with Crippen molar-refractivity contribution in [2.45, 2.75) is 12.5 Å². The van der Waals surface area contributed by atoms with Gasteiger partial charge in [-0.1, -0.05) is 0 Å². The third-order valence-corrected chi connectivity index (χ3v) is 3.39. The fourth-order valence-electron chi connectivity index (χ4n) is 2.61. The molecule has 2 saturated heterocycles. The first-order valence-electron chi connectivity index (χ1n) is 5.39. The number of rotatable bonds is 1. The molecule has 0 aromatic carbocycles. The van der Waals surface area contributed by atoms with Gasteiger partial charge in [0.1, 0.15) is 5.82 Å². The van der Waals surface area contributed by atoms with E-state index in [-0.39, 0.29) is 0 Å². The van der Waals surface area contributed by atoms with Crippen LogP contribution < -0.4 is 16.0 Å². The van der Waals surface area contributed by atoms with Gasteiger partial charge in [-0.2, -0.15) is 5.10 Å². The molecule has 3 N–H and O–H groups in total. The summed E-state index contributed by atoms with van der Waals surface area (Å²) in [6.07, 6.45) is 3.08. The van der Waals surface area contributed by atoms with E-state index >= 15 is 0 Å². The third-order valence-electron chi connectivity index (χ3n) is 3.39. The highest BCUT2D eigenvalue weighted by molar-refractivity contribution is 5.51. The number of nitrogens with zero attached hydrogens (tertiary/aromatic N) is 3. The molecule has 80 valence electrons. The van der Waals surface area contributed by atoms with Gasteiger partial charge in [0.15, 0.2) is 0 Å². The maximum Gasteiger partial charge on any atom is 0.148 e. The standard InChI is InChI=1S/C10H15N5/c11-10-3-8(4-13-14-10)15-5-7-1-2-12-9(7)6-15/h3-4,7,9,12H,1-2,5-6H2,(H2,11,14)/t7-,9+/m1/s1. The minimum absolute atomic E-state index is 0.498. The minimum atomic E-state index is 0.498. The lowest BCUT2D eigenvalue weighted by atomic mass is 10.1. The van der Waals surface area contributed by atoms with Gasteiger partial charge < -0.3 is 16.0 Å². The van der Waals surface area contributed by atoms with Crippen LogP contribution in [0.15, 0.2) is 12.3 Å². The molecule has 2 aliphatic heterocycles. The summed E-state index contributed by atoms with van der Waals surface area (Å²) in [7, 11) is 0. The largest absolute Gasteiger partial charge is 0.382 e. The maximum absolute atomic E-state index is 5.63. The highest BCUT2D eigenvalue weighted by Crippen LogP contribution is 2.28. The molecule has 1 aromatic heterocycles. The normalized spacial score (nSPS) is 29.5. The first-order valence-corrected chi connectivity index (χ1v) is 5.39. The Kier molecular flexibility index (Phi) is 1.98. The first kappa shape index (κ1) is 8.91. The molecule has 1 aromatic rings. The highest BCUT2D eigenvalue weighted by Gasteiger charge is 2.35. The number of nitrogen functional groups attached to an aromatic ring is 1. The average molecular weight is 205 g/mol. The summed E-state index contributed by atoms with van der Waals surface area (Å²) in [5.74, 6) is 1.29. The van der Waals surface area contributed by atoms with Gasteiger partial charge in [0.05, 0.1) is 11.9 Å². The monoisotopic (exact) mass is 205 g/mol. The van der Waals surface area contributed by atoms with Gasteiger partial charge in [-0.05, 0) is 18.9 Å². The Bertz CT molecular complexity index is 355. The van der Waals surface area contributed by atoms with Gasteiger partial charge in [-0.3, -0.25) is 0 Å². The van der Waals surface area contributed by atoms with Crippen molar-refractivity contribution in [3.8, 4) is 0 Å². The second-order valence-electron chi connectivity index (χ2n) is 4.35. The van der Waals surface area contributed by atoms with Crippen molar-refractivity contribution >= 4 is 11.5 Å². The second kappa shape index (κ2) is 3.34. The van der Waals surface area contributed by atoms with E-state index in [0.717, 1.165) is 24.7 Å². The third kappa shape index (κ3) is 1.52. The van der Waals surface area contributed by atoms with Crippen LogP contribution in [0.3, 0.4) is 0 Å². The van der Waals surface area contributed by atoms with Gasteiger partial charge >= 0.3 is 0 Å². The Balaban J connectivity index is 1.79. The lowest BCUT2D eigenvalue weighted by molar-refractivity contribution is 0.556. The molecule has 0 amide bonds. The van der Waals surface area contributed by atoms with Crippen LogP contribution in [0.1, 0.15) is 6.42 Å². The highest BCUT2D eigenvalue weighted by atomic mass is 15.2. The van der Waals surface area contributed by atoms with Crippen molar-refractivity contribution in [1.29, 1.82) is 0 Å². The topological polar surface area (TPSA) is 67.1 Å². The zero-order chi connectivity index (χ0) is 10.3. The predicted octanol–water partition coefficient (Wildman–Crippen LogP) is -0.143. The molecule has 5 nitrogen and oxygen atoms in total. The van der Waals surface area contributed by atoms with Gasteiger partial charge in [0.25, 0.3) is 0 Å². The molecule has 3 rings (SSSR count). The maximum atomic E-state index is 5.63. The Morgan fingerprint density at radius 2 is 2.40 bits per heavy atom. The SMILES string of the molecule is Nc1cc(N2C[C@H]3CCN[C@H]3C2)cnn1. The smallest absolute Gasteiger partial charge is 0.148 e. The summed E-state index contributed by atoms with van der Waals surface area (Å²) < 4.78 is 0. The molecule has 3 heterocycles. The number of anilines is 2. The lowest BCUT2D eigenvalue weighted by Gasteiger charge is -2.18. The number of nitrogens with two attached hydrogens (primary N) is 1. The van der Waals surface area contributed by atoms with Crippen LogP contribution in [0.25, 0.3) is 0 Å². The molecule has 5 heteroatoms. The molecule has 2 fully saturated rings. The molecule has 2 aliphatic rings. The number of fused-ring (bicyclic) bond motifs is 1. The van der Waals surface area contributed by atoms with E-state index in [0.29, 0.717) is 11.9 Å². The summed E-state index contributed by atoms with van der Waals surface area (Å²) in [4.78, 5) is 2.34. The molecule has 0 spiro atoms. The first-order chi connectivity index (χ1) is 7.33. The molecule has 2 atom stereocenters. The van der Waals surface area contributed by atoms with Crippen molar-refractivity contribution in [2.75, 3.05) is 30.3 Å². The van der Waals surface area contributed by atoms with Gasteiger partial charge in [0, 0.05) is 25.2 Å². The van der Waals surface area contributed by atoms with E-state index < -0.39 is 0 Å². The number of hydrogen-bond donors (Lipinski definition) is 2. The van der Waals surface area contributed by atoms with E-state index in [1.165, 1.54) is 13.0 Å². The van der Waals surface area contributed by atoms with E-state index in [1.807, 2.05) is 6.07 Å². The van der Waals surface area contributed by atoms with E-state index in [4.69, 9.17) is 5.73 Å². The van der Waals surface area contributed by atoms with Crippen LogP contribution in [0.2, 0.25) is 0 Å². The van der Waals surface area contributed by atoms with Crippen molar-refractivity contribution in [3.63, 3.8) is 0 Å². The summed E-state index contributed by atoms with van der Waals surface area (Å²) in [6.45, 7) is 3.35. The molecule has 15 heavy (non-hydrogen) atoms. The molecule has 0 radical (unpaired) electrons. The van der Waals surface area contributed by atoms with Crippen LogP contribution >= 0.6 is 0 Å². The second-order valence-corrected chi connectivity index (χ2v) is 4.35. The Morgan fingerprint density at radius 1 is 1.47 bits per heavy atom. The fourth-order valence-corrected chi connectivity index (χ4v) is 2.61. The van der Waals surface area contributed by atoms with E-state index in [9.17, 15) is 0 Å². The number of nitrogens with one attached hydrogen (secondary N) is 1. The molecular weight excluding hydrogens is 190 g/mol. The molecule has 0 saturated carbocycles. The van der Waals surface area contributed by atoms with Crippen LogP contribution in [-0.4, -0.2) is 35.9 Å². The number of aromatic nitrogens is 2. The minimum Gasteiger partial charge on any atom is -0.382 e. The van der Waals surface area contributed by atoms with Crippen molar-refractivity contribution in [3.05, 3.63) is 12.3 Å². The molecule has 0 bridgehead atoms. The molecule has 0 aliphatic carbocycles. The van der Waals surface area contributed by atoms with Crippen LogP contribution in [0, 0.1) is 5.92 Å². The summed E-state index contributed by atoms with van der Waals surface area (Å²) in [6, 6.07) is 2.55. The Morgan fingerprint density at radius 3 is 3.20 bits per heavy atom. The summed E-state index contributed by atoms with van der Waals surface area (Å²) in [5, 5.41) is 11.2. The van der Waals surface area contributed by atoms with Crippen LogP contribution in [0.4, 0.5) is 11.5 Å². The van der Waals surface area contributed by atoms with E-state index in [2.05, 4.69) is 20.4 Å². The zero-order valence-electron chi connectivity index (χ0n) is 8.56. The predicted molar refractivity (Wildman–Crippen MR) is 58.6 cm³/mol. The summed E-state index contributed by atoms with van der Waals surface area (Å²) >= 11 is 0. The Hall–Kier alpha value is -1.36. The zero-order valence-corrected chi connectivity index (χ0v) is 8.56. The van der Waals surface area contributed by atoms with Crippen LogP contribution in [0.5, 0.6) is 0 Å². The van der Waals surface area contributed by atoms with Crippen molar-refractivity contribution in [2.24, 2.45) is 5.92 Å². The molecule has 0 unspecified atom stereocenters. The van der Waals surface area contributed by atoms with E-state index in [1.54, 1.807) is 6.20 Å². The quantitative estimate of drug-likeness (QED) is 0.668. The molecular formula is C10H15N5.